The molecule has 6 aliphatic rings. The molecule has 0 saturated heterocycles. The monoisotopic (exact) mass is 521 g/mol. The van der Waals surface area contributed by atoms with E-state index in [4.69, 9.17) is 4.74 Å². The molecule has 9 heteroatoms. The Labute approximate surface area is 212 Å². The largest absolute Gasteiger partial charge is 0.493 e. The summed E-state index contributed by atoms with van der Waals surface area (Å²) in [6.45, 7) is 1.62. The van der Waals surface area contributed by atoms with Crippen molar-refractivity contribution in [2.24, 2.45) is 23.2 Å². The highest BCUT2D eigenvalue weighted by Gasteiger charge is 2.52. The minimum Gasteiger partial charge on any atom is -0.493 e. The van der Waals surface area contributed by atoms with Crippen LogP contribution in [0.15, 0.2) is 23.8 Å². The highest BCUT2D eigenvalue weighted by molar-refractivity contribution is 5.99. The van der Waals surface area contributed by atoms with E-state index in [0.29, 0.717) is 28.9 Å². The lowest BCUT2D eigenvalue weighted by molar-refractivity contribution is -0.140. The Morgan fingerprint density at radius 2 is 1.68 bits per heavy atom. The van der Waals surface area contributed by atoms with Crippen LogP contribution < -0.4 is 4.74 Å². The number of alkyl halides is 3. The van der Waals surface area contributed by atoms with Crippen LogP contribution in [0.4, 0.5) is 17.6 Å². The molecule has 1 aromatic rings. The van der Waals surface area contributed by atoms with Crippen molar-refractivity contribution in [3.63, 3.8) is 0 Å². The molecule has 1 aromatic carbocycles. The van der Waals surface area contributed by atoms with Crippen molar-refractivity contribution in [1.29, 1.82) is 0 Å². The molecule has 5 nitrogen and oxygen atoms in total. The Balaban J connectivity index is 1.27. The minimum atomic E-state index is -4.80. The second-order valence-corrected chi connectivity index (χ2v) is 12.1. The Kier molecular flexibility index (Phi) is 5.66. The molecular formula is C28H31F4NO4. The number of carboxylic acid groups (broad SMARTS) is 1. The van der Waals surface area contributed by atoms with Crippen LogP contribution in [0.5, 0.6) is 5.75 Å². The Hall–Kier alpha value is -2.58. The van der Waals surface area contributed by atoms with Crippen molar-refractivity contribution >= 4 is 11.9 Å². The average Bonchev–Trinajstić information content (AvgIpc) is 3.57. The number of carbonyl (C=O) groups excluding carboxylic acids is 1. The maximum atomic E-state index is 15.4. The van der Waals surface area contributed by atoms with Gasteiger partial charge in [0.25, 0.3) is 5.91 Å². The number of amides is 1. The van der Waals surface area contributed by atoms with Gasteiger partial charge in [-0.1, -0.05) is 0 Å². The van der Waals surface area contributed by atoms with Crippen molar-refractivity contribution in [2.45, 2.75) is 82.5 Å². The molecule has 1 aliphatic heterocycles. The molecule has 4 bridgehead atoms. The van der Waals surface area contributed by atoms with E-state index in [-0.39, 0.29) is 11.3 Å². The summed E-state index contributed by atoms with van der Waals surface area (Å²) in [5, 5.41) is 9.51. The molecule has 1 amide bonds. The van der Waals surface area contributed by atoms with Crippen molar-refractivity contribution in [3.8, 4) is 5.75 Å². The number of halogens is 4. The molecule has 2 atom stereocenters. The standard InChI is InChI=1S/C28H31F4NO4/c1-14-21(28(30,31)32)8-23(26(35)36)33(14)25(34)20-7-19(18-2-3-18)24(9-22(20)29)37-13-27-10-15-4-16(11-27)6-17(5-15)12-27/h7-9,14-18,23H,2-6,10-13H2,1H3,(H,35,36). The van der Waals surface area contributed by atoms with Gasteiger partial charge in [0, 0.05) is 11.5 Å². The molecular weight excluding hydrogens is 490 g/mol. The first kappa shape index (κ1) is 24.7. The van der Waals surface area contributed by atoms with Crippen LogP contribution in [0.2, 0.25) is 0 Å². The number of hydrogen-bond donors (Lipinski definition) is 1. The summed E-state index contributed by atoms with van der Waals surface area (Å²) in [5.74, 6) is -0.857. The first-order chi connectivity index (χ1) is 17.4. The third-order valence-electron chi connectivity index (χ3n) is 9.37. The lowest BCUT2D eigenvalue weighted by Gasteiger charge is -2.56. The minimum absolute atomic E-state index is 0.0913. The van der Waals surface area contributed by atoms with Gasteiger partial charge >= 0.3 is 12.1 Å². The molecule has 5 aliphatic carbocycles. The Morgan fingerprint density at radius 3 is 2.19 bits per heavy atom. The summed E-state index contributed by atoms with van der Waals surface area (Å²) in [4.78, 5) is 25.7. The fraction of sp³-hybridized carbons (Fsp3) is 0.643. The van der Waals surface area contributed by atoms with Gasteiger partial charge in [0.2, 0.25) is 0 Å². The van der Waals surface area contributed by atoms with E-state index in [9.17, 15) is 27.9 Å². The number of carboxylic acids is 1. The quantitative estimate of drug-likeness (QED) is 0.364. The van der Waals surface area contributed by atoms with E-state index in [1.54, 1.807) is 0 Å². The zero-order valence-electron chi connectivity index (χ0n) is 20.7. The second kappa shape index (κ2) is 8.46. The van der Waals surface area contributed by atoms with Crippen LogP contribution >= 0.6 is 0 Å². The van der Waals surface area contributed by atoms with Crippen LogP contribution in [0.1, 0.15) is 80.1 Å². The molecule has 7 rings (SSSR count). The molecule has 2 unspecified atom stereocenters. The molecule has 0 aromatic heterocycles. The summed E-state index contributed by atoms with van der Waals surface area (Å²) in [5.41, 5.74) is -0.748. The number of carbonyl (C=O) groups is 2. The summed E-state index contributed by atoms with van der Waals surface area (Å²) in [6.07, 6.45) is 4.75. The van der Waals surface area contributed by atoms with Crippen molar-refractivity contribution in [3.05, 3.63) is 40.7 Å². The Bertz CT molecular complexity index is 1140. The van der Waals surface area contributed by atoms with Gasteiger partial charge in [-0.3, -0.25) is 4.79 Å². The van der Waals surface area contributed by atoms with E-state index in [0.717, 1.165) is 56.8 Å². The van der Waals surface area contributed by atoms with Gasteiger partial charge in [-0.05, 0) is 99.7 Å². The maximum absolute atomic E-state index is 15.4. The van der Waals surface area contributed by atoms with Crippen molar-refractivity contribution in [1.82, 2.24) is 4.90 Å². The van der Waals surface area contributed by atoms with Gasteiger partial charge in [0.1, 0.15) is 17.6 Å². The molecule has 1 heterocycles. The van der Waals surface area contributed by atoms with Gasteiger partial charge in [-0.15, -0.1) is 0 Å². The average molecular weight is 522 g/mol. The number of nitrogens with zero attached hydrogens (tertiary/aromatic N) is 1. The first-order valence-electron chi connectivity index (χ1n) is 13.2. The number of hydrogen-bond acceptors (Lipinski definition) is 3. The third kappa shape index (κ3) is 4.32. The van der Waals surface area contributed by atoms with E-state index >= 15 is 4.39 Å². The van der Waals surface area contributed by atoms with Crippen LogP contribution in [0.3, 0.4) is 0 Å². The van der Waals surface area contributed by atoms with Crippen LogP contribution in [0.25, 0.3) is 0 Å². The molecule has 5 saturated carbocycles. The molecule has 1 N–H and O–H groups in total. The van der Waals surface area contributed by atoms with Gasteiger partial charge < -0.3 is 14.7 Å². The SMILES string of the molecule is CC1C(C(F)(F)F)=CC(C(=O)O)N1C(=O)c1cc(C2CC2)c(OCC23CC4CC(CC(C4)C2)C3)cc1F. The zero-order valence-corrected chi connectivity index (χ0v) is 20.7. The summed E-state index contributed by atoms with van der Waals surface area (Å²) in [7, 11) is 0. The normalized spacial score (nSPS) is 34.6. The second-order valence-electron chi connectivity index (χ2n) is 12.1. The van der Waals surface area contributed by atoms with E-state index in [1.807, 2.05) is 0 Å². The molecule has 200 valence electrons. The number of ether oxygens (including phenoxy) is 1. The highest BCUT2D eigenvalue weighted by Crippen LogP contribution is 2.60. The van der Waals surface area contributed by atoms with Gasteiger partial charge in [-0.25, -0.2) is 9.18 Å². The van der Waals surface area contributed by atoms with Gasteiger partial charge in [0.15, 0.2) is 0 Å². The number of rotatable bonds is 6. The lowest BCUT2D eigenvalue weighted by atomic mass is 9.50. The van der Waals surface area contributed by atoms with Crippen LogP contribution in [-0.2, 0) is 4.79 Å². The van der Waals surface area contributed by atoms with Gasteiger partial charge in [-0.2, -0.15) is 13.2 Å². The molecule has 37 heavy (non-hydrogen) atoms. The van der Waals surface area contributed by atoms with Gasteiger partial charge in [0.05, 0.1) is 23.8 Å². The van der Waals surface area contributed by atoms with Crippen LogP contribution in [0, 0.1) is 29.0 Å². The van der Waals surface area contributed by atoms with E-state index in [1.165, 1.54) is 31.4 Å². The van der Waals surface area contributed by atoms with E-state index < -0.39 is 47.1 Å². The number of benzene rings is 1. The third-order valence-corrected chi connectivity index (χ3v) is 9.37. The zero-order chi connectivity index (χ0) is 26.3. The summed E-state index contributed by atoms with van der Waals surface area (Å²) < 4.78 is 62.0. The van der Waals surface area contributed by atoms with Crippen LogP contribution in [-0.4, -0.2) is 46.7 Å². The maximum Gasteiger partial charge on any atom is 0.414 e. The van der Waals surface area contributed by atoms with Crippen molar-refractivity contribution < 1.29 is 37.0 Å². The fourth-order valence-electron chi connectivity index (χ4n) is 8.01. The highest BCUT2D eigenvalue weighted by atomic mass is 19.4. The Morgan fingerprint density at radius 1 is 1.08 bits per heavy atom. The predicted molar refractivity (Wildman–Crippen MR) is 126 cm³/mol. The molecule has 0 radical (unpaired) electrons. The summed E-state index contributed by atoms with van der Waals surface area (Å²) >= 11 is 0. The fourth-order valence-corrected chi connectivity index (χ4v) is 8.01. The number of aliphatic carboxylic acids is 1. The topological polar surface area (TPSA) is 66.8 Å². The lowest BCUT2D eigenvalue weighted by Crippen LogP contribution is -2.48. The smallest absolute Gasteiger partial charge is 0.414 e. The summed E-state index contributed by atoms with van der Waals surface area (Å²) in [6, 6.07) is -0.823. The predicted octanol–water partition coefficient (Wildman–Crippen LogP) is 6.08. The molecule has 0 spiro atoms. The molecule has 5 fully saturated rings. The van der Waals surface area contributed by atoms with Crippen molar-refractivity contribution in [2.75, 3.05) is 6.61 Å². The van der Waals surface area contributed by atoms with E-state index in [2.05, 4.69) is 0 Å². The first-order valence-corrected chi connectivity index (χ1v) is 13.2.